The highest BCUT2D eigenvalue weighted by atomic mass is 35.5. The first-order chi connectivity index (χ1) is 10.4. The van der Waals surface area contributed by atoms with Crippen LogP contribution in [0, 0.1) is 0 Å². The molecule has 0 fully saturated rings. The summed E-state index contributed by atoms with van der Waals surface area (Å²) in [7, 11) is 0. The predicted octanol–water partition coefficient (Wildman–Crippen LogP) is 2.82. The third-order valence-corrected chi connectivity index (χ3v) is 3.68. The van der Waals surface area contributed by atoms with Crippen LogP contribution in [0.4, 0.5) is 0 Å². The van der Waals surface area contributed by atoms with E-state index in [-0.39, 0.29) is 12.0 Å². The van der Waals surface area contributed by atoms with Crippen molar-refractivity contribution in [3.8, 4) is 0 Å². The van der Waals surface area contributed by atoms with Crippen molar-refractivity contribution in [3.05, 3.63) is 34.9 Å². The molecule has 1 aromatic carbocycles. The molecule has 22 heavy (non-hydrogen) atoms. The molecule has 0 bridgehead atoms. The molecule has 5 nitrogen and oxygen atoms in total. The Balaban J connectivity index is 2.55. The number of benzene rings is 1. The van der Waals surface area contributed by atoms with Gasteiger partial charge in [0, 0.05) is 0 Å². The van der Waals surface area contributed by atoms with Gasteiger partial charge in [0.1, 0.15) is 0 Å². The Morgan fingerprint density at radius 2 is 1.73 bits per heavy atom. The van der Waals surface area contributed by atoms with Gasteiger partial charge >= 0.3 is 0 Å². The second-order valence-corrected chi connectivity index (χ2v) is 5.79. The lowest BCUT2D eigenvalue weighted by atomic mass is 9.89. The molecule has 2 amide bonds. The Bertz CT molecular complexity index is 514. The molecular weight excluding hydrogens is 304 g/mol. The average molecular weight is 327 g/mol. The van der Waals surface area contributed by atoms with Gasteiger partial charge in [0.2, 0.25) is 5.91 Å². The lowest BCUT2D eigenvalue weighted by molar-refractivity contribution is -0.127. The van der Waals surface area contributed by atoms with Gasteiger partial charge in [0.25, 0.3) is 5.91 Å². The van der Waals surface area contributed by atoms with E-state index < -0.39 is 17.4 Å². The maximum Gasteiger partial charge on any atom is 0.271 e. The summed E-state index contributed by atoms with van der Waals surface area (Å²) in [6.45, 7) is 3.91. The lowest BCUT2D eigenvalue weighted by Gasteiger charge is -2.26. The molecule has 0 aromatic heterocycles. The first-order valence-electron chi connectivity index (χ1n) is 7.48. The molecule has 122 valence electrons. The maximum absolute atomic E-state index is 11.9. The zero-order chi connectivity index (χ0) is 16.6. The van der Waals surface area contributed by atoms with Gasteiger partial charge in [0.05, 0.1) is 22.6 Å². The molecule has 3 N–H and O–H groups in total. The zero-order valence-electron chi connectivity index (χ0n) is 13.0. The summed E-state index contributed by atoms with van der Waals surface area (Å²) in [5.41, 5.74) is 3.89. The van der Waals surface area contributed by atoms with Crippen molar-refractivity contribution in [3.63, 3.8) is 0 Å². The number of nitrogens with one attached hydrogen (secondary N) is 2. The van der Waals surface area contributed by atoms with Crippen molar-refractivity contribution in [2.24, 2.45) is 0 Å². The first kappa shape index (κ1) is 18.5. The largest absolute Gasteiger partial charge is 0.389 e. The Morgan fingerprint density at radius 3 is 2.27 bits per heavy atom. The third kappa shape index (κ3) is 5.66. The number of amides is 2. The lowest BCUT2D eigenvalue weighted by Crippen LogP contribution is -2.45. The van der Waals surface area contributed by atoms with E-state index in [1.54, 1.807) is 24.3 Å². The van der Waals surface area contributed by atoms with E-state index in [4.69, 9.17) is 11.6 Å². The number of rotatable bonds is 7. The van der Waals surface area contributed by atoms with E-state index in [1.807, 2.05) is 13.8 Å². The van der Waals surface area contributed by atoms with Crippen molar-refractivity contribution in [2.75, 3.05) is 0 Å². The van der Waals surface area contributed by atoms with Gasteiger partial charge in [-0.3, -0.25) is 20.4 Å². The highest BCUT2D eigenvalue weighted by Crippen LogP contribution is 2.23. The van der Waals surface area contributed by atoms with E-state index in [2.05, 4.69) is 10.9 Å². The molecule has 0 spiro atoms. The van der Waals surface area contributed by atoms with Gasteiger partial charge in [-0.2, -0.15) is 0 Å². The molecule has 0 aliphatic rings. The van der Waals surface area contributed by atoms with Crippen LogP contribution >= 0.6 is 11.6 Å². The number of carbonyl (C=O) groups is 2. The fraction of sp³-hybridized carbons (Fsp3) is 0.500. The molecule has 0 heterocycles. The van der Waals surface area contributed by atoms with E-state index in [9.17, 15) is 14.7 Å². The summed E-state index contributed by atoms with van der Waals surface area (Å²) in [5.74, 6) is -0.918. The van der Waals surface area contributed by atoms with Crippen LogP contribution in [-0.4, -0.2) is 22.5 Å². The van der Waals surface area contributed by atoms with E-state index >= 15 is 0 Å². The molecule has 0 unspecified atom stereocenters. The average Bonchev–Trinajstić information content (AvgIpc) is 2.45. The number of hydrogen-bond donors (Lipinski definition) is 3. The maximum atomic E-state index is 11.9. The normalized spacial score (nSPS) is 11.1. The smallest absolute Gasteiger partial charge is 0.271 e. The Hall–Kier alpha value is -1.59. The summed E-state index contributed by atoms with van der Waals surface area (Å²) in [4.78, 5) is 23.8. The van der Waals surface area contributed by atoms with E-state index in [1.165, 1.54) is 0 Å². The van der Waals surface area contributed by atoms with Crippen molar-refractivity contribution in [1.82, 2.24) is 10.9 Å². The predicted molar refractivity (Wildman–Crippen MR) is 86.4 cm³/mol. The Kier molecular flexibility index (Phi) is 7.35. The fourth-order valence-electron chi connectivity index (χ4n) is 2.41. The van der Waals surface area contributed by atoms with Crippen LogP contribution in [0.5, 0.6) is 0 Å². The van der Waals surface area contributed by atoms with Crippen molar-refractivity contribution < 1.29 is 14.7 Å². The number of halogens is 1. The van der Waals surface area contributed by atoms with Gasteiger partial charge in [-0.15, -0.1) is 0 Å². The zero-order valence-corrected chi connectivity index (χ0v) is 13.7. The second-order valence-electron chi connectivity index (χ2n) is 5.38. The van der Waals surface area contributed by atoms with Gasteiger partial charge in [-0.25, -0.2) is 0 Å². The monoisotopic (exact) mass is 326 g/mol. The molecule has 1 aromatic rings. The highest BCUT2D eigenvalue weighted by Gasteiger charge is 2.28. The third-order valence-electron chi connectivity index (χ3n) is 3.35. The minimum atomic E-state index is -1.03. The van der Waals surface area contributed by atoms with Crippen LogP contribution in [0.25, 0.3) is 0 Å². The summed E-state index contributed by atoms with van der Waals surface area (Å²) in [6, 6.07) is 6.56. The summed E-state index contributed by atoms with van der Waals surface area (Å²) < 4.78 is 0. The molecule has 0 saturated heterocycles. The molecule has 6 heteroatoms. The minimum Gasteiger partial charge on any atom is -0.389 e. The fourth-order valence-corrected chi connectivity index (χ4v) is 2.64. The quantitative estimate of drug-likeness (QED) is 0.674. The minimum absolute atomic E-state index is 0.0442. The van der Waals surface area contributed by atoms with Crippen LogP contribution in [-0.2, 0) is 4.79 Å². The van der Waals surface area contributed by atoms with Gasteiger partial charge < -0.3 is 5.11 Å². The topological polar surface area (TPSA) is 78.4 Å². The molecule has 0 saturated carbocycles. The summed E-state index contributed by atoms with van der Waals surface area (Å²) in [5, 5.41) is 10.7. The van der Waals surface area contributed by atoms with Crippen LogP contribution in [0.2, 0.25) is 5.02 Å². The molecule has 0 atom stereocenters. The SMILES string of the molecule is CCCC(O)(CCC)CC(=O)NNC(=O)c1ccccc1Cl. The number of carbonyl (C=O) groups excluding carboxylic acids is 2. The first-order valence-corrected chi connectivity index (χ1v) is 7.85. The number of aliphatic hydroxyl groups is 1. The van der Waals surface area contributed by atoms with Crippen molar-refractivity contribution >= 4 is 23.4 Å². The molecule has 1 rings (SSSR count). The van der Waals surface area contributed by atoms with Gasteiger partial charge in [-0.1, -0.05) is 50.4 Å². The highest BCUT2D eigenvalue weighted by molar-refractivity contribution is 6.33. The molecule has 0 aliphatic heterocycles. The standard InChI is InChI=1S/C16H23ClN2O3/c1-3-9-16(22,10-4-2)11-14(20)18-19-15(21)12-7-5-6-8-13(12)17/h5-8,22H,3-4,9-11H2,1-2H3,(H,18,20)(H,19,21). The summed E-state index contributed by atoms with van der Waals surface area (Å²) >= 11 is 5.91. The van der Waals surface area contributed by atoms with Crippen LogP contribution in [0.3, 0.4) is 0 Å². The van der Waals surface area contributed by atoms with E-state index in [0.29, 0.717) is 17.9 Å². The van der Waals surface area contributed by atoms with Gasteiger partial charge in [-0.05, 0) is 25.0 Å². The van der Waals surface area contributed by atoms with Crippen molar-refractivity contribution in [2.45, 2.75) is 51.6 Å². The van der Waals surface area contributed by atoms with Crippen LogP contribution < -0.4 is 10.9 Å². The van der Waals surface area contributed by atoms with Crippen molar-refractivity contribution in [1.29, 1.82) is 0 Å². The number of hydrogen-bond acceptors (Lipinski definition) is 3. The Morgan fingerprint density at radius 1 is 1.14 bits per heavy atom. The van der Waals surface area contributed by atoms with Crippen LogP contribution in [0.1, 0.15) is 56.3 Å². The molecule has 0 aliphatic carbocycles. The van der Waals surface area contributed by atoms with Crippen LogP contribution in [0.15, 0.2) is 24.3 Å². The number of hydrazine groups is 1. The molecule has 0 radical (unpaired) electrons. The van der Waals surface area contributed by atoms with Gasteiger partial charge in [0.15, 0.2) is 0 Å². The summed E-state index contributed by atoms with van der Waals surface area (Å²) in [6.07, 6.45) is 2.63. The molecular formula is C16H23ClN2O3. The Labute approximate surface area is 136 Å². The second kappa shape index (κ2) is 8.76. The van der Waals surface area contributed by atoms with E-state index in [0.717, 1.165) is 12.8 Å².